The molecule has 2 aromatic carbocycles. The van der Waals surface area contributed by atoms with Gasteiger partial charge in [0.1, 0.15) is 30.2 Å². The number of carbonyl (C=O) groups excluding carboxylic acids is 7. The Bertz CT molecular complexity index is 2030. The molecule has 3 rings (SSSR count). The van der Waals surface area contributed by atoms with Gasteiger partial charge in [0.2, 0.25) is 5.91 Å². The fourth-order valence-corrected chi connectivity index (χ4v) is 7.32. The Morgan fingerprint density at radius 3 is 2.15 bits per heavy atom. The lowest BCUT2D eigenvalue weighted by Crippen LogP contribution is -2.69. The van der Waals surface area contributed by atoms with Crippen molar-refractivity contribution in [2.45, 2.75) is 130 Å². The molecule has 67 heavy (non-hydrogen) atoms. The SMILES string of the molecule is C=CCOC[C@@H](C)C(=O)NCCCOc1c(C)cc(C(=O)NC[C@@H](OC(C)=O)[C@@H](OC(C)=O)[C@@H]2O[C@@](CC=C)(C(=O)OCc3ccccc3)C[C@H](OC(C)=O)[C@H]2NC(=O)OC(C)(C)C)cc1C. The molecule has 0 aromatic heterocycles. The maximum atomic E-state index is 14.3. The lowest BCUT2D eigenvalue weighted by molar-refractivity contribution is -0.240. The van der Waals surface area contributed by atoms with E-state index < -0.39 is 84.1 Å². The van der Waals surface area contributed by atoms with Crippen LogP contribution < -0.4 is 20.7 Å². The molecule has 18 nitrogen and oxygen atoms in total. The zero-order chi connectivity index (χ0) is 49.9. The molecule has 1 aliphatic heterocycles. The van der Waals surface area contributed by atoms with Crippen LogP contribution in [0.3, 0.4) is 0 Å². The Kier molecular flexibility index (Phi) is 21.5. The molecular formula is C49H67N3O15. The zero-order valence-corrected chi connectivity index (χ0v) is 40.1. The first kappa shape index (κ1) is 55.1. The fourth-order valence-electron chi connectivity index (χ4n) is 7.32. The maximum Gasteiger partial charge on any atom is 0.408 e. The Hall–Kier alpha value is -6.27. The molecule has 368 valence electrons. The first-order valence-corrected chi connectivity index (χ1v) is 22.1. The molecule has 3 N–H and O–H groups in total. The number of benzene rings is 2. The van der Waals surface area contributed by atoms with Gasteiger partial charge >= 0.3 is 30.0 Å². The van der Waals surface area contributed by atoms with E-state index in [1.54, 1.807) is 90.1 Å². The van der Waals surface area contributed by atoms with Gasteiger partial charge in [0.05, 0.1) is 38.3 Å². The Morgan fingerprint density at radius 2 is 1.57 bits per heavy atom. The van der Waals surface area contributed by atoms with Crippen molar-refractivity contribution in [3.8, 4) is 5.75 Å². The number of hydrogen-bond acceptors (Lipinski definition) is 15. The second-order valence-electron chi connectivity index (χ2n) is 17.2. The predicted octanol–water partition coefficient (Wildman–Crippen LogP) is 5.29. The summed E-state index contributed by atoms with van der Waals surface area (Å²) in [5.41, 5.74) is -0.826. The summed E-state index contributed by atoms with van der Waals surface area (Å²) < 4.78 is 46.7. The van der Waals surface area contributed by atoms with Crippen molar-refractivity contribution in [2.24, 2.45) is 5.92 Å². The van der Waals surface area contributed by atoms with Crippen molar-refractivity contribution >= 4 is 41.8 Å². The van der Waals surface area contributed by atoms with Crippen molar-refractivity contribution in [1.82, 2.24) is 16.0 Å². The van der Waals surface area contributed by atoms with Gasteiger partial charge in [0.25, 0.3) is 5.91 Å². The number of hydrogen-bond donors (Lipinski definition) is 3. The van der Waals surface area contributed by atoms with Crippen LogP contribution in [0.4, 0.5) is 4.79 Å². The number of alkyl carbamates (subject to hydrolysis) is 1. The van der Waals surface area contributed by atoms with Crippen LogP contribution in [0.2, 0.25) is 0 Å². The summed E-state index contributed by atoms with van der Waals surface area (Å²) in [6.07, 6.45) is -4.28. The molecule has 0 spiro atoms. The Balaban J connectivity index is 1.97. The van der Waals surface area contributed by atoms with E-state index in [0.29, 0.717) is 42.0 Å². The maximum absolute atomic E-state index is 14.3. The largest absolute Gasteiger partial charge is 0.493 e. The van der Waals surface area contributed by atoms with E-state index in [4.69, 9.17) is 37.9 Å². The molecule has 0 bridgehead atoms. The van der Waals surface area contributed by atoms with Gasteiger partial charge in [-0.3, -0.25) is 24.0 Å². The van der Waals surface area contributed by atoms with Crippen LogP contribution in [-0.4, -0.2) is 116 Å². The topological polar surface area (TPSA) is 229 Å². The van der Waals surface area contributed by atoms with Gasteiger partial charge in [-0.05, 0) is 69.9 Å². The molecular weight excluding hydrogens is 871 g/mol. The highest BCUT2D eigenvalue weighted by Gasteiger charge is 2.58. The molecule has 0 aliphatic carbocycles. The van der Waals surface area contributed by atoms with Crippen LogP contribution in [0.25, 0.3) is 0 Å². The lowest BCUT2D eigenvalue weighted by Gasteiger charge is -2.49. The van der Waals surface area contributed by atoms with Crippen LogP contribution in [0.15, 0.2) is 67.8 Å². The number of amides is 3. The monoisotopic (exact) mass is 937 g/mol. The van der Waals surface area contributed by atoms with Crippen LogP contribution >= 0.6 is 0 Å². The van der Waals surface area contributed by atoms with Crippen molar-refractivity contribution in [2.75, 3.05) is 32.9 Å². The van der Waals surface area contributed by atoms with E-state index in [9.17, 15) is 33.6 Å². The smallest absolute Gasteiger partial charge is 0.408 e. The van der Waals surface area contributed by atoms with Crippen LogP contribution in [-0.2, 0) is 63.7 Å². The van der Waals surface area contributed by atoms with Gasteiger partial charge in [0, 0.05) is 45.7 Å². The van der Waals surface area contributed by atoms with Gasteiger partial charge in [-0.1, -0.05) is 49.4 Å². The summed E-state index contributed by atoms with van der Waals surface area (Å²) in [4.78, 5) is 92.5. The second kappa shape index (κ2) is 26.2. The van der Waals surface area contributed by atoms with Crippen molar-refractivity contribution in [3.05, 3.63) is 90.0 Å². The van der Waals surface area contributed by atoms with Crippen molar-refractivity contribution in [1.29, 1.82) is 0 Å². The summed E-state index contributed by atoms with van der Waals surface area (Å²) in [7, 11) is 0. The minimum absolute atomic E-state index is 0.142. The standard InChI is InChI=1S/C49H67N3O15/c1-12-20-49(46(58)62-29-36-18-15-14-16-19-36)26-38(63-33(6)53)40(52-47(59)67-48(9,10)11)43(66-49)42(65-35(8)55)39(64-34(7)54)27-51-45(57)37-24-30(3)41(31(4)25-37)61-23-17-21-50-44(56)32(5)28-60-22-13-2/h12-16,18-19,24-25,32,38-40,42-43H,1-2,17,20-23,26-29H2,3-11H3,(H,50,56)(H,51,57)(H,52,59)/t32-,38+,39-,40-,42-,43-,49-/m1/s1. The van der Waals surface area contributed by atoms with E-state index in [1.165, 1.54) is 6.08 Å². The van der Waals surface area contributed by atoms with Crippen molar-refractivity contribution < 1.29 is 71.5 Å². The molecule has 1 heterocycles. The highest BCUT2D eigenvalue weighted by Crippen LogP contribution is 2.39. The summed E-state index contributed by atoms with van der Waals surface area (Å²) >= 11 is 0. The number of carbonyl (C=O) groups is 7. The van der Waals surface area contributed by atoms with E-state index in [-0.39, 0.29) is 50.1 Å². The van der Waals surface area contributed by atoms with Crippen LogP contribution in [0.1, 0.15) is 94.8 Å². The zero-order valence-electron chi connectivity index (χ0n) is 40.1. The molecule has 1 saturated heterocycles. The minimum atomic E-state index is -1.97. The average molecular weight is 938 g/mol. The Labute approximate surface area is 392 Å². The van der Waals surface area contributed by atoms with E-state index >= 15 is 0 Å². The molecule has 18 heteroatoms. The van der Waals surface area contributed by atoms with Crippen LogP contribution in [0.5, 0.6) is 5.75 Å². The number of aryl methyl sites for hydroxylation is 2. The lowest BCUT2D eigenvalue weighted by atomic mass is 9.81. The molecule has 3 amide bonds. The highest BCUT2D eigenvalue weighted by atomic mass is 16.6. The summed E-state index contributed by atoms with van der Waals surface area (Å²) in [5, 5.41) is 8.27. The highest BCUT2D eigenvalue weighted by molar-refractivity contribution is 5.95. The van der Waals surface area contributed by atoms with E-state index in [1.807, 2.05) is 0 Å². The van der Waals surface area contributed by atoms with Gasteiger partial charge < -0.3 is 53.8 Å². The molecule has 1 fully saturated rings. The number of nitrogens with one attached hydrogen (secondary N) is 3. The second-order valence-corrected chi connectivity index (χ2v) is 17.2. The van der Waals surface area contributed by atoms with E-state index in [2.05, 4.69) is 29.1 Å². The fraction of sp³-hybridized carbons (Fsp3) is 0.531. The van der Waals surface area contributed by atoms with Crippen LogP contribution in [0, 0.1) is 19.8 Å². The molecule has 2 aromatic rings. The summed E-state index contributed by atoms with van der Waals surface area (Å²) in [6, 6.07) is 10.6. The quantitative estimate of drug-likeness (QED) is 0.0526. The average Bonchev–Trinajstić information content (AvgIpc) is 3.24. The van der Waals surface area contributed by atoms with Crippen molar-refractivity contribution in [3.63, 3.8) is 0 Å². The van der Waals surface area contributed by atoms with Gasteiger partial charge in [-0.15, -0.1) is 13.2 Å². The molecule has 0 radical (unpaired) electrons. The van der Waals surface area contributed by atoms with Gasteiger partial charge in [0.15, 0.2) is 17.8 Å². The van der Waals surface area contributed by atoms with E-state index in [0.717, 1.165) is 20.8 Å². The molecule has 0 saturated carbocycles. The molecule has 0 unspecified atom stereocenters. The third-order valence-electron chi connectivity index (χ3n) is 10.1. The van der Waals surface area contributed by atoms with Gasteiger partial charge in [-0.25, -0.2) is 9.59 Å². The first-order valence-electron chi connectivity index (χ1n) is 22.1. The third-order valence-corrected chi connectivity index (χ3v) is 10.1. The number of ether oxygens (including phenoxy) is 8. The number of rotatable bonds is 24. The normalized spacial score (nSPS) is 19.2. The summed E-state index contributed by atoms with van der Waals surface area (Å²) in [6.45, 7) is 21.5. The molecule has 7 atom stereocenters. The molecule has 1 aliphatic rings. The first-order chi connectivity index (χ1) is 31.6. The number of esters is 4. The summed E-state index contributed by atoms with van der Waals surface area (Å²) in [5.74, 6) is -3.96. The Morgan fingerprint density at radius 1 is 0.910 bits per heavy atom. The third kappa shape index (κ3) is 17.8. The van der Waals surface area contributed by atoms with Gasteiger partial charge in [-0.2, -0.15) is 0 Å². The predicted molar refractivity (Wildman–Crippen MR) is 245 cm³/mol. The minimum Gasteiger partial charge on any atom is -0.493 e.